The molecule has 0 saturated heterocycles. The Labute approximate surface area is 139 Å². The van der Waals surface area contributed by atoms with E-state index in [0.29, 0.717) is 22.0 Å². The summed E-state index contributed by atoms with van der Waals surface area (Å²) in [5, 5.41) is 6.21. The maximum Gasteiger partial charge on any atom is 0.338 e. The van der Waals surface area contributed by atoms with E-state index in [1.54, 1.807) is 49.4 Å². The second-order valence-corrected chi connectivity index (χ2v) is 5.26. The fraction of sp³-hybridized carbons (Fsp3) is 0.176. The summed E-state index contributed by atoms with van der Waals surface area (Å²) in [6.45, 7) is 1.84. The lowest BCUT2D eigenvalue weighted by Gasteiger charge is -2.12. The van der Waals surface area contributed by atoms with Gasteiger partial charge in [-0.15, -0.1) is 0 Å². The SMILES string of the molecule is COC(=O)c1cccc(NCC(=O)Nc2ccccc2Cl)c1C. The molecule has 2 aromatic rings. The predicted molar refractivity (Wildman–Crippen MR) is 91.1 cm³/mol. The Morgan fingerprint density at radius 2 is 1.78 bits per heavy atom. The second kappa shape index (κ2) is 7.65. The van der Waals surface area contributed by atoms with E-state index >= 15 is 0 Å². The molecule has 0 unspecified atom stereocenters. The quantitative estimate of drug-likeness (QED) is 0.822. The number of anilines is 2. The average molecular weight is 333 g/mol. The first kappa shape index (κ1) is 16.8. The first-order valence-corrected chi connectivity index (χ1v) is 7.37. The summed E-state index contributed by atoms with van der Waals surface area (Å²) in [5.41, 5.74) is 2.44. The number of ether oxygens (including phenoxy) is 1. The summed E-state index contributed by atoms with van der Waals surface area (Å²) in [6.07, 6.45) is 0. The van der Waals surface area contributed by atoms with Crippen LogP contribution in [0.3, 0.4) is 0 Å². The van der Waals surface area contributed by atoms with E-state index in [0.717, 1.165) is 5.56 Å². The molecule has 2 N–H and O–H groups in total. The number of amides is 1. The van der Waals surface area contributed by atoms with Crippen LogP contribution in [0.25, 0.3) is 0 Å². The third-order valence-electron chi connectivity index (χ3n) is 3.33. The van der Waals surface area contributed by atoms with Crippen molar-refractivity contribution in [1.29, 1.82) is 0 Å². The summed E-state index contributed by atoms with van der Waals surface area (Å²) < 4.78 is 4.73. The van der Waals surface area contributed by atoms with Gasteiger partial charge in [-0.3, -0.25) is 4.79 Å². The van der Waals surface area contributed by atoms with Crippen molar-refractivity contribution in [2.75, 3.05) is 24.3 Å². The Hall–Kier alpha value is -2.53. The van der Waals surface area contributed by atoms with Gasteiger partial charge in [0, 0.05) is 5.69 Å². The van der Waals surface area contributed by atoms with Crippen LogP contribution in [0.4, 0.5) is 11.4 Å². The van der Waals surface area contributed by atoms with Crippen molar-refractivity contribution in [2.24, 2.45) is 0 Å². The van der Waals surface area contributed by atoms with Gasteiger partial charge in [0.1, 0.15) is 0 Å². The van der Waals surface area contributed by atoms with Gasteiger partial charge >= 0.3 is 5.97 Å². The number of carbonyl (C=O) groups excluding carboxylic acids is 2. The number of hydrogen-bond acceptors (Lipinski definition) is 4. The van der Waals surface area contributed by atoms with Crippen molar-refractivity contribution in [3.05, 3.63) is 58.6 Å². The Morgan fingerprint density at radius 3 is 2.48 bits per heavy atom. The highest BCUT2D eigenvalue weighted by atomic mass is 35.5. The highest BCUT2D eigenvalue weighted by Gasteiger charge is 2.12. The number of methoxy groups -OCH3 is 1. The number of halogens is 1. The van der Waals surface area contributed by atoms with Crippen LogP contribution in [0.5, 0.6) is 0 Å². The van der Waals surface area contributed by atoms with Crippen LogP contribution in [0.2, 0.25) is 5.02 Å². The fourth-order valence-corrected chi connectivity index (χ4v) is 2.27. The van der Waals surface area contributed by atoms with Crippen LogP contribution in [0, 0.1) is 6.92 Å². The average Bonchev–Trinajstić information content (AvgIpc) is 2.55. The maximum absolute atomic E-state index is 12.0. The molecule has 0 spiro atoms. The third-order valence-corrected chi connectivity index (χ3v) is 3.66. The van der Waals surface area contributed by atoms with Gasteiger partial charge in [-0.05, 0) is 36.8 Å². The summed E-state index contributed by atoms with van der Waals surface area (Å²) in [6, 6.07) is 12.2. The number of carbonyl (C=O) groups is 2. The van der Waals surface area contributed by atoms with Gasteiger partial charge in [-0.25, -0.2) is 4.79 Å². The zero-order valence-electron chi connectivity index (χ0n) is 12.9. The first-order chi connectivity index (χ1) is 11.0. The van der Waals surface area contributed by atoms with Gasteiger partial charge in [-0.2, -0.15) is 0 Å². The number of esters is 1. The van der Waals surface area contributed by atoms with Crippen molar-refractivity contribution in [3.63, 3.8) is 0 Å². The lowest BCUT2D eigenvalue weighted by atomic mass is 10.1. The normalized spacial score (nSPS) is 10.0. The molecule has 0 bridgehead atoms. The molecule has 2 aromatic carbocycles. The Morgan fingerprint density at radius 1 is 1.09 bits per heavy atom. The van der Waals surface area contributed by atoms with E-state index in [-0.39, 0.29) is 12.5 Å². The zero-order chi connectivity index (χ0) is 16.8. The van der Waals surface area contributed by atoms with Crippen LogP contribution < -0.4 is 10.6 Å². The van der Waals surface area contributed by atoms with E-state index in [1.807, 2.05) is 0 Å². The molecule has 1 amide bonds. The Kier molecular flexibility index (Phi) is 5.60. The van der Waals surface area contributed by atoms with Crippen molar-refractivity contribution >= 4 is 34.9 Å². The fourth-order valence-electron chi connectivity index (χ4n) is 2.09. The molecule has 0 saturated carbocycles. The number of nitrogens with one attached hydrogen (secondary N) is 2. The molecule has 5 nitrogen and oxygen atoms in total. The van der Waals surface area contributed by atoms with Crippen LogP contribution >= 0.6 is 11.6 Å². The smallest absolute Gasteiger partial charge is 0.338 e. The van der Waals surface area contributed by atoms with Crippen molar-refractivity contribution < 1.29 is 14.3 Å². The molecule has 0 atom stereocenters. The maximum atomic E-state index is 12.0. The van der Waals surface area contributed by atoms with E-state index in [4.69, 9.17) is 16.3 Å². The van der Waals surface area contributed by atoms with Crippen molar-refractivity contribution in [2.45, 2.75) is 6.92 Å². The molecule has 0 fully saturated rings. The lowest BCUT2D eigenvalue weighted by molar-refractivity contribution is -0.114. The third kappa shape index (κ3) is 4.23. The van der Waals surface area contributed by atoms with Gasteiger partial charge in [0.2, 0.25) is 5.91 Å². The molecular weight excluding hydrogens is 316 g/mol. The van der Waals surface area contributed by atoms with Gasteiger partial charge in [0.15, 0.2) is 0 Å². The summed E-state index contributed by atoms with van der Waals surface area (Å²) in [4.78, 5) is 23.7. The topological polar surface area (TPSA) is 67.4 Å². The van der Waals surface area contributed by atoms with E-state index < -0.39 is 5.97 Å². The standard InChI is InChI=1S/C17H17ClN2O3/c1-11-12(17(22)23-2)6-5-9-14(11)19-10-16(21)20-15-8-4-3-7-13(15)18/h3-9,19H,10H2,1-2H3,(H,20,21). The molecule has 6 heteroatoms. The van der Waals surface area contributed by atoms with Gasteiger partial charge < -0.3 is 15.4 Å². The molecule has 0 aromatic heterocycles. The number of hydrogen-bond donors (Lipinski definition) is 2. The minimum atomic E-state index is -0.410. The molecule has 23 heavy (non-hydrogen) atoms. The highest BCUT2D eigenvalue weighted by molar-refractivity contribution is 6.33. The van der Waals surface area contributed by atoms with Crippen LogP contribution in [-0.2, 0) is 9.53 Å². The molecular formula is C17H17ClN2O3. The monoisotopic (exact) mass is 332 g/mol. The lowest BCUT2D eigenvalue weighted by Crippen LogP contribution is -2.22. The summed E-state index contributed by atoms with van der Waals surface area (Å²) in [7, 11) is 1.33. The zero-order valence-corrected chi connectivity index (χ0v) is 13.6. The molecule has 2 rings (SSSR count). The molecule has 0 aliphatic carbocycles. The Bertz CT molecular complexity index is 732. The number of para-hydroxylation sites is 1. The molecule has 120 valence electrons. The van der Waals surface area contributed by atoms with Gasteiger partial charge in [-0.1, -0.05) is 29.8 Å². The Balaban J connectivity index is 2.02. The second-order valence-electron chi connectivity index (χ2n) is 4.85. The van der Waals surface area contributed by atoms with Crippen molar-refractivity contribution in [3.8, 4) is 0 Å². The van der Waals surface area contributed by atoms with E-state index in [1.165, 1.54) is 7.11 Å². The first-order valence-electron chi connectivity index (χ1n) is 6.99. The van der Waals surface area contributed by atoms with E-state index in [9.17, 15) is 9.59 Å². The number of benzene rings is 2. The highest BCUT2D eigenvalue weighted by Crippen LogP contribution is 2.21. The van der Waals surface area contributed by atoms with Gasteiger partial charge in [0.25, 0.3) is 0 Å². The summed E-state index contributed by atoms with van der Waals surface area (Å²) in [5.74, 6) is -0.646. The minimum absolute atomic E-state index is 0.0523. The van der Waals surface area contributed by atoms with Crippen LogP contribution in [0.15, 0.2) is 42.5 Å². The van der Waals surface area contributed by atoms with Gasteiger partial charge in [0.05, 0.1) is 29.9 Å². The molecule has 0 radical (unpaired) electrons. The molecule has 0 aliphatic heterocycles. The molecule has 0 aliphatic rings. The number of rotatable bonds is 5. The predicted octanol–water partition coefficient (Wildman–Crippen LogP) is 3.49. The van der Waals surface area contributed by atoms with Crippen LogP contribution in [0.1, 0.15) is 15.9 Å². The molecule has 0 heterocycles. The van der Waals surface area contributed by atoms with Crippen LogP contribution in [-0.4, -0.2) is 25.5 Å². The summed E-state index contributed by atoms with van der Waals surface area (Å²) >= 11 is 6.00. The van der Waals surface area contributed by atoms with Crippen molar-refractivity contribution in [1.82, 2.24) is 0 Å². The minimum Gasteiger partial charge on any atom is -0.465 e. The largest absolute Gasteiger partial charge is 0.465 e. The van der Waals surface area contributed by atoms with E-state index in [2.05, 4.69) is 10.6 Å².